The third kappa shape index (κ3) is 3.12. The van der Waals surface area contributed by atoms with Gasteiger partial charge in [-0.05, 0) is 17.7 Å². The van der Waals surface area contributed by atoms with Gasteiger partial charge in [0.1, 0.15) is 12.6 Å². The molecule has 1 aromatic carbocycles. The number of aliphatic imine (C=N–C) groups is 1. The fraction of sp³-hybridized carbons (Fsp3) is 0.364. The van der Waals surface area contributed by atoms with E-state index in [9.17, 15) is 0 Å². The van der Waals surface area contributed by atoms with Crippen molar-refractivity contribution in [3.8, 4) is 0 Å². The zero-order chi connectivity index (χ0) is 11.4. The number of hydrogen-bond donors (Lipinski definition) is 2. The van der Waals surface area contributed by atoms with Crippen LogP contribution in [0.25, 0.3) is 0 Å². The quantitative estimate of drug-likeness (QED) is 0.829. The molecule has 1 aliphatic heterocycles. The number of ether oxygens (including phenoxy) is 1. The summed E-state index contributed by atoms with van der Waals surface area (Å²) in [6.45, 7) is 2.09. The molecule has 2 rings (SSSR count). The maximum Gasteiger partial charge on any atom is 0.282 e. The van der Waals surface area contributed by atoms with Crippen molar-refractivity contribution in [3.63, 3.8) is 0 Å². The van der Waals surface area contributed by atoms with Crippen LogP contribution in [0.4, 0.5) is 0 Å². The van der Waals surface area contributed by atoms with E-state index in [0.717, 1.165) is 23.7 Å². The van der Waals surface area contributed by atoms with Crippen LogP contribution in [-0.2, 0) is 11.3 Å². The van der Waals surface area contributed by atoms with Gasteiger partial charge in [-0.2, -0.15) is 0 Å². The van der Waals surface area contributed by atoms with Gasteiger partial charge >= 0.3 is 0 Å². The number of hydrogen-bond acceptors (Lipinski definition) is 4. The van der Waals surface area contributed by atoms with Crippen LogP contribution in [0.3, 0.4) is 0 Å². The van der Waals surface area contributed by atoms with Crippen LogP contribution in [0, 0.1) is 0 Å². The van der Waals surface area contributed by atoms with Gasteiger partial charge in [0.15, 0.2) is 0 Å². The summed E-state index contributed by atoms with van der Waals surface area (Å²) >= 11 is 5.88. The van der Waals surface area contributed by atoms with E-state index in [1.165, 1.54) is 0 Å². The summed E-state index contributed by atoms with van der Waals surface area (Å²) in [7, 11) is 0. The van der Waals surface area contributed by atoms with E-state index in [4.69, 9.17) is 22.1 Å². The average Bonchev–Trinajstić information content (AvgIpc) is 2.64. The Balaban J connectivity index is 1.76. The van der Waals surface area contributed by atoms with E-state index >= 15 is 0 Å². The number of nitrogens with zero attached hydrogens (tertiary/aromatic N) is 1. The maximum atomic E-state index is 5.88. The third-order valence-electron chi connectivity index (χ3n) is 2.33. The largest absolute Gasteiger partial charge is 0.463 e. The van der Waals surface area contributed by atoms with Crippen molar-refractivity contribution in [1.29, 1.82) is 0 Å². The monoisotopic (exact) mass is 239 g/mol. The minimum Gasteiger partial charge on any atom is -0.463 e. The summed E-state index contributed by atoms with van der Waals surface area (Å²) in [5.41, 5.74) is 6.57. The summed E-state index contributed by atoms with van der Waals surface area (Å²) < 4.78 is 5.05. The van der Waals surface area contributed by atoms with Crippen molar-refractivity contribution in [2.75, 3.05) is 13.2 Å². The molecular weight excluding hydrogens is 226 g/mol. The van der Waals surface area contributed by atoms with Crippen LogP contribution in [0.15, 0.2) is 29.3 Å². The molecule has 1 heterocycles. The highest BCUT2D eigenvalue weighted by molar-refractivity contribution is 6.30. The summed E-state index contributed by atoms with van der Waals surface area (Å²) in [6, 6.07) is 8.18. The molecule has 0 unspecified atom stereocenters. The molecule has 0 bridgehead atoms. The number of nitrogens with two attached hydrogens (primary N) is 1. The lowest BCUT2D eigenvalue weighted by Gasteiger charge is -2.07. The standard InChI is InChI=1S/C11H14ClN3O/c12-9-3-1-2-8(4-9)5-14-6-10-7-16-11(13)15-10/h1-4,10,14H,5-7H2,(H2,13,15)/t10-/m0/s1. The van der Waals surface area contributed by atoms with Gasteiger partial charge in [0.25, 0.3) is 6.02 Å². The topological polar surface area (TPSA) is 59.6 Å². The van der Waals surface area contributed by atoms with Gasteiger partial charge in [-0.3, -0.25) is 0 Å². The molecule has 1 aromatic rings. The number of nitrogens with one attached hydrogen (secondary N) is 1. The van der Waals surface area contributed by atoms with Gasteiger partial charge < -0.3 is 15.8 Å². The van der Waals surface area contributed by atoms with E-state index in [0.29, 0.717) is 6.61 Å². The van der Waals surface area contributed by atoms with Crippen LogP contribution < -0.4 is 11.1 Å². The van der Waals surface area contributed by atoms with E-state index in [2.05, 4.69) is 10.3 Å². The molecule has 1 atom stereocenters. The van der Waals surface area contributed by atoms with E-state index in [1.54, 1.807) is 0 Å². The smallest absolute Gasteiger partial charge is 0.282 e. The van der Waals surface area contributed by atoms with E-state index < -0.39 is 0 Å². The Morgan fingerprint density at radius 1 is 1.56 bits per heavy atom. The molecule has 0 saturated heterocycles. The van der Waals surface area contributed by atoms with Gasteiger partial charge in [0.2, 0.25) is 0 Å². The van der Waals surface area contributed by atoms with E-state index in [1.807, 2.05) is 24.3 Å². The molecule has 0 radical (unpaired) electrons. The van der Waals surface area contributed by atoms with Crippen molar-refractivity contribution in [3.05, 3.63) is 34.9 Å². The maximum absolute atomic E-state index is 5.88. The Hall–Kier alpha value is -1.26. The van der Waals surface area contributed by atoms with Crippen LogP contribution >= 0.6 is 11.6 Å². The van der Waals surface area contributed by atoms with Crippen LogP contribution in [-0.4, -0.2) is 25.2 Å². The Kier molecular flexibility index (Phi) is 3.64. The first-order valence-corrected chi connectivity index (χ1v) is 5.53. The summed E-state index contributed by atoms with van der Waals surface area (Å²) in [6.07, 6.45) is 0. The molecule has 3 N–H and O–H groups in total. The van der Waals surface area contributed by atoms with Crippen LogP contribution in [0.5, 0.6) is 0 Å². The van der Waals surface area contributed by atoms with Gasteiger partial charge in [-0.25, -0.2) is 4.99 Å². The summed E-state index contributed by atoms with van der Waals surface area (Å²) in [5.74, 6) is 0. The molecule has 5 heteroatoms. The predicted molar refractivity (Wildman–Crippen MR) is 64.5 cm³/mol. The SMILES string of the molecule is NC1=N[C@@H](CNCc2cccc(Cl)c2)CO1. The molecule has 16 heavy (non-hydrogen) atoms. The zero-order valence-electron chi connectivity index (χ0n) is 8.82. The van der Waals surface area contributed by atoms with Crippen molar-refractivity contribution >= 4 is 17.6 Å². The molecule has 4 nitrogen and oxygen atoms in total. The summed E-state index contributed by atoms with van der Waals surface area (Å²) in [4.78, 5) is 4.12. The molecule has 0 fully saturated rings. The first-order chi connectivity index (χ1) is 7.74. The van der Waals surface area contributed by atoms with Gasteiger partial charge in [-0.1, -0.05) is 23.7 Å². The highest BCUT2D eigenvalue weighted by atomic mass is 35.5. The molecule has 0 amide bonds. The van der Waals surface area contributed by atoms with Crippen molar-refractivity contribution < 1.29 is 4.74 Å². The van der Waals surface area contributed by atoms with Crippen molar-refractivity contribution in [2.24, 2.45) is 10.7 Å². The minimum absolute atomic E-state index is 0.124. The van der Waals surface area contributed by atoms with Crippen LogP contribution in [0.1, 0.15) is 5.56 Å². The van der Waals surface area contributed by atoms with Gasteiger partial charge in [0, 0.05) is 18.1 Å². The molecule has 1 aliphatic rings. The lowest BCUT2D eigenvalue weighted by Crippen LogP contribution is -2.26. The lowest BCUT2D eigenvalue weighted by molar-refractivity contribution is 0.309. The number of rotatable bonds is 4. The number of benzene rings is 1. The molecular formula is C11H14ClN3O. The van der Waals surface area contributed by atoms with Crippen molar-refractivity contribution in [2.45, 2.75) is 12.6 Å². The van der Waals surface area contributed by atoms with Crippen molar-refractivity contribution in [1.82, 2.24) is 5.32 Å². The second-order valence-electron chi connectivity index (χ2n) is 3.69. The molecule has 0 saturated carbocycles. The average molecular weight is 240 g/mol. The molecule has 0 spiro atoms. The zero-order valence-corrected chi connectivity index (χ0v) is 9.57. The molecule has 86 valence electrons. The fourth-order valence-electron chi connectivity index (χ4n) is 1.57. The van der Waals surface area contributed by atoms with Crippen LogP contribution in [0.2, 0.25) is 5.02 Å². The molecule has 0 aliphatic carbocycles. The Morgan fingerprint density at radius 2 is 2.44 bits per heavy atom. The number of halogens is 1. The highest BCUT2D eigenvalue weighted by Crippen LogP contribution is 2.10. The number of amidine groups is 1. The minimum atomic E-state index is 0.124. The normalized spacial score (nSPS) is 19.3. The van der Waals surface area contributed by atoms with E-state index in [-0.39, 0.29) is 12.1 Å². The Labute approximate surface area is 99.5 Å². The fourth-order valence-corrected chi connectivity index (χ4v) is 1.78. The predicted octanol–water partition coefficient (Wildman–Crippen LogP) is 1.14. The molecule has 0 aromatic heterocycles. The van der Waals surface area contributed by atoms with Gasteiger partial charge in [-0.15, -0.1) is 0 Å². The van der Waals surface area contributed by atoms with Gasteiger partial charge in [0.05, 0.1) is 0 Å². The summed E-state index contributed by atoms with van der Waals surface area (Å²) in [5, 5.41) is 4.05. The second kappa shape index (κ2) is 5.18. The Bertz CT molecular complexity index is 395. The third-order valence-corrected chi connectivity index (χ3v) is 2.57. The second-order valence-corrected chi connectivity index (χ2v) is 4.13. The highest BCUT2D eigenvalue weighted by Gasteiger charge is 2.15. The Morgan fingerprint density at radius 3 is 3.12 bits per heavy atom. The lowest BCUT2D eigenvalue weighted by atomic mass is 10.2. The first kappa shape index (κ1) is 11.2. The first-order valence-electron chi connectivity index (χ1n) is 5.15.